The first-order chi connectivity index (χ1) is 14.4. The number of halogens is 2. The predicted molar refractivity (Wildman–Crippen MR) is 127 cm³/mol. The summed E-state index contributed by atoms with van der Waals surface area (Å²) in [5.41, 5.74) is 3.58. The summed E-state index contributed by atoms with van der Waals surface area (Å²) in [6.45, 7) is 14.0. The van der Waals surface area contributed by atoms with Crippen LogP contribution in [0.4, 0.5) is 8.78 Å². The summed E-state index contributed by atoms with van der Waals surface area (Å²) in [6.07, 6.45) is 9.19. The van der Waals surface area contributed by atoms with E-state index in [1.165, 1.54) is 44.7 Å². The molecule has 2 rings (SSSR count). The highest BCUT2D eigenvalue weighted by atomic mass is 19.3. The van der Waals surface area contributed by atoms with Crippen molar-refractivity contribution < 1.29 is 13.6 Å². The Balaban J connectivity index is 0. The van der Waals surface area contributed by atoms with Gasteiger partial charge in [0.15, 0.2) is 0 Å². The highest BCUT2D eigenvalue weighted by Crippen LogP contribution is 2.26. The molecule has 2 aromatic rings. The summed E-state index contributed by atoms with van der Waals surface area (Å²) in [6, 6.07) is 8.37. The van der Waals surface area contributed by atoms with Crippen LogP contribution in [0.5, 0.6) is 0 Å². The van der Waals surface area contributed by atoms with E-state index >= 15 is 0 Å². The van der Waals surface area contributed by atoms with Crippen molar-refractivity contribution in [2.45, 2.75) is 80.6 Å². The van der Waals surface area contributed by atoms with E-state index in [1.54, 1.807) is 12.3 Å². The maximum absolute atomic E-state index is 12.7. The first-order valence-electron chi connectivity index (χ1n) is 10.7. The van der Waals surface area contributed by atoms with Crippen molar-refractivity contribution in [3.63, 3.8) is 0 Å². The third-order valence-corrected chi connectivity index (χ3v) is 3.62. The van der Waals surface area contributed by atoms with Crippen LogP contribution in [0.2, 0.25) is 0 Å². The Morgan fingerprint density at radius 3 is 1.97 bits per heavy atom. The topological polar surface area (TPSA) is 30.0 Å². The van der Waals surface area contributed by atoms with Gasteiger partial charge in [-0.05, 0) is 50.1 Å². The monoisotopic (exact) mass is 419 g/mol. The third-order valence-electron chi connectivity index (χ3n) is 3.62. The van der Waals surface area contributed by atoms with E-state index in [2.05, 4.69) is 32.7 Å². The van der Waals surface area contributed by atoms with Crippen molar-refractivity contribution >= 4 is 12.4 Å². The molecule has 2 nitrogen and oxygen atoms in total. The molecule has 0 aliphatic heterocycles. The van der Waals surface area contributed by atoms with Gasteiger partial charge in [-0.3, -0.25) is 4.98 Å². The van der Waals surface area contributed by atoms with Crippen molar-refractivity contribution in [1.82, 2.24) is 4.98 Å². The number of aryl methyl sites for hydroxylation is 1. The number of benzene rings is 1. The van der Waals surface area contributed by atoms with Crippen molar-refractivity contribution in [1.29, 1.82) is 0 Å². The Labute approximate surface area is 182 Å². The van der Waals surface area contributed by atoms with Crippen LogP contribution in [0, 0.1) is 6.92 Å². The average molecular weight is 420 g/mol. The van der Waals surface area contributed by atoms with E-state index in [9.17, 15) is 8.78 Å². The Bertz CT molecular complexity index is 710. The molecular weight excluding hydrogens is 380 g/mol. The van der Waals surface area contributed by atoms with Gasteiger partial charge in [-0.1, -0.05) is 77.7 Å². The molecule has 0 saturated carbocycles. The number of pyridine rings is 1. The first-order valence-corrected chi connectivity index (χ1v) is 10.7. The molecule has 0 fully saturated rings. The van der Waals surface area contributed by atoms with E-state index in [0.717, 1.165) is 28.7 Å². The van der Waals surface area contributed by atoms with E-state index in [1.807, 2.05) is 38.1 Å². The molecule has 0 unspecified atom stereocenters. The summed E-state index contributed by atoms with van der Waals surface area (Å²) < 4.78 is 25.4. The van der Waals surface area contributed by atoms with Gasteiger partial charge >= 0.3 is 0 Å². The molecule has 0 spiro atoms. The van der Waals surface area contributed by atoms with Crippen molar-refractivity contribution in [3.05, 3.63) is 59.4 Å². The smallest absolute Gasteiger partial charge is 0.263 e. The van der Waals surface area contributed by atoms with Crippen LogP contribution in [0.3, 0.4) is 0 Å². The highest BCUT2D eigenvalue weighted by Gasteiger charge is 2.08. The molecule has 0 atom stereocenters. The lowest BCUT2D eigenvalue weighted by Gasteiger charge is -2.07. The van der Waals surface area contributed by atoms with Crippen LogP contribution < -0.4 is 0 Å². The molecule has 0 amide bonds. The largest absolute Gasteiger partial charge is 0.304 e. The number of rotatable bonds is 5. The zero-order valence-corrected chi connectivity index (χ0v) is 19.7. The second kappa shape index (κ2) is 19.9. The second-order valence-electron chi connectivity index (χ2n) is 6.65. The van der Waals surface area contributed by atoms with Crippen molar-refractivity contribution in [2.24, 2.45) is 0 Å². The van der Waals surface area contributed by atoms with Gasteiger partial charge in [0.05, 0.1) is 5.69 Å². The number of unbranched alkanes of at least 4 members (excludes halogenated alkanes) is 2. The van der Waals surface area contributed by atoms with Crippen LogP contribution in [-0.4, -0.2) is 11.3 Å². The van der Waals surface area contributed by atoms with Crippen LogP contribution in [-0.2, 0) is 4.79 Å². The molecule has 1 aromatic heterocycles. The number of carbonyl (C=O) groups is 1. The lowest BCUT2D eigenvalue weighted by atomic mass is 10.0. The number of nitrogens with zero attached hydrogens (tertiary/aromatic N) is 1. The van der Waals surface area contributed by atoms with Crippen LogP contribution >= 0.6 is 0 Å². The Hall–Kier alpha value is -2.36. The molecule has 0 aliphatic carbocycles. The molecule has 0 radical (unpaired) electrons. The van der Waals surface area contributed by atoms with Gasteiger partial charge in [-0.2, -0.15) is 0 Å². The van der Waals surface area contributed by atoms with Gasteiger partial charge in [-0.15, -0.1) is 0 Å². The molecule has 168 valence electrons. The fraction of sp³-hybridized carbons (Fsp3) is 0.462. The van der Waals surface area contributed by atoms with Gasteiger partial charge in [0.1, 0.15) is 6.29 Å². The number of hydrogen-bond donors (Lipinski definition) is 0. The van der Waals surface area contributed by atoms with Gasteiger partial charge < -0.3 is 4.79 Å². The molecule has 0 aliphatic rings. The quantitative estimate of drug-likeness (QED) is 0.453. The minimum Gasteiger partial charge on any atom is -0.304 e. The summed E-state index contributed by atoms with van der Waals surface area (Å²) in [5.74, 6) is 0. The fourth-order valence-electron chi connectivity index (χ4n) is 2.28. The third kappa shape index (κ3) is 13.8. The van der Waals surface area contributed by atoms with E-state index in [-0.39, 0.29) is 5.56 Å². The van der Waals surface area contributed by atoms with Crippen molar-refractivity contribution in [3.8, 4) is 11.1 Å². The van der Waals surface area contributed by atoms with Gasteiger partial charge in [0.25, 0.3) is 6.43 Å². The van der Waals surface area contributed by atoms with Gasteiger partial charge in [0.2, 0.25) is 0 Å². The molecule has 0 saturated heterocycles. The number of allylic oxidation sites excluding steroid dienone is 1. The summed E-state index contributed by atoms with van der Waals surface area (Å²) >= 11 is 0. The molecule has 4 heteroatoms. The second-order valence-corrected chi connectivity index (χ2v) is 6.65. The molecule has 1 aromatic carbocycles. The van der Waals surface area contributed by atoms with Crippen molar-refractivity contribution in [2.75, 3.05) is 0 Å². The fourth-order valence-corrected chi connectivity index (χ4v) is 2.28. The molecular formula is C26H39F2NO. The molecule has 1 heterocycles. The highest BCUT2D eigenvalue weighted by molar-refractivity contribution is 5.66. The SMILES string of the molecule is C/C=C\c1ncc(-c2cccc(C(F)F)c2)cc1C.CC=O.CCC.CCCCC. The normalized spacial score (nSPS) is 9.67. The minimum atomic E-state index is -2.45. The van der Waals surface area contributed by atoms with E-state index in [0.29, 0.717) is 0 Å². The number of aromatic nitrogens is 1. The standard InChI is InChI=1S/C16H15F2N.C5H12.C3H8.C2H4O/c1-3-5-15-11(2)8-14(10-19-15)12-6-4-7-13(9-12)16(17)18;1-3-5-4-2;1-3-2;1-2-3/h3-10,16H,1-2H3;3-5H2,1-2H3;3H2,1-2H3;2H,1H3/b5-3-;;;. The van der Waals surface area contributed by atoms with E-state index < -0.39 is 6.43 Å². The Morgan fingerprint density at radius 2 is 1.57 bits per heavy atom. The van der Waals surface area contributed by atoms with Gasteiger partial charge in [-0.25, -0.2) is 8.78 Å². The first kappa shape index (κ1) is 29.8. The predicted octanol–water partition coefficient (Wildman–Crippen LogP) is 8.85. The number of carbonyl (C=O) groups excluding carboxylic acids is 1. The maximum Gasteiger partial charge on any atom is 0.263 e. The maximum atomic E-state index is 12.7. The zero-order valence-electron chi connectivity index (χ0n) is 19.7. The minimum absolute atomic E-state index is 0.0349. The summed E-state index contributed by atoms with van der Waals surface area (Å²) in [4.78, 5) is 13.2. The molecule has 0 bridgehead atoms. The number of hydrogen-bond acceptors (Lipinski definition) is 2. The summed E-state index contributed by atoms with van der Waals surface area (Å²) in [5, 5.41) is 0. The molecule has 30 heavy (non-hydrogen) atoms. The summed E-state index contributed by atoms with van der Waals surface area (Å²) in [7, 11) is 0. The van der Waals surface area contributed by atoms with Crippen LogP contribution in [0.25, 0.3) is 17.2 Å². The Morgan fingerprint density at radius 1 is 1.00 bits per heavy atom. The van der Waals surface area contributed by atoms with Crippen LogP contribution in [0.15, 0.2) is 42.6 Å². The lowest BCUT2D eigenvalue weighted by Crippen LogP contribution is -1.90. The average Bonchev–Trinajstić information content (AvgIpc) is 2.72. The van der Waals surface area contributed by atoms with Crippen LogP contribution in [0.1, 0.15) is 90.5 Å². The van der Waals surface area contributed by atoms with E-state index in [4.69, 9.17) is 4.79 Å². The molecule has 0 N–H and O–H groups in total. The number of aldehydes is 1. The lowest BCUT2D eigenvalue weighted by molar-refractivity contribution is -0.106. The zero-order chi connectivity index (χ0) is 23.4. The van der Waals surface area contributed by atoms with Gasteiger partial charge in [0, 0.05) is 17.3 Å². The Kier molecular flexibility index (Phi) is 19.8. The number of alkyl halides is 2.